The number of cyclic esters (lactones) is 2. The number of carbonyl (C=O) groups excluding carboxylic acids is 2. The van der Waals surface area contributed by atoms with Crippen molar-refractivity contribution in [2.45, 2.75) is 11.8 Å². The topological polar surface area (TPSA) is 86.5 Å². The number of nitro groups is 1. The van der Waals surface area contributed by atoms with E-state index in [9.17, 15) is 19.7 Å². The molecule has 4 aliphatic rings. The Morgan fingerprint density at radius 3 is 2.40 bits per heavy atom. The number of allylic oxidation sites excluding steroid dienone is 2. The summed E-state index contributed by atoms with van der Waals surface area (Å²) in [5, 5.41) is 11.2. The Bertz CT molecular complexity index is 708. The normalized spacial score (nSPS) is 32.8. The van der Waals surface area contributed by atoms with E-state index < -0.39 is 34.6 Å². The highest BCUT2D eigenvalue weighted by Crippen LogP contribution is 2.56. The van der Waals surface area contributed by atoms with Crippen LogP contribution in [0.25, 0.3) is 0 Å². The molecule has 0 spiro atoms. The van der Waals surface area contributed by atoms with E-state index in [0.717, 1.165) is 5.56 Å². The van der Waals surface area contributed by atoms with Crippen LogP contribution < -0.4 is 0 Å². The molecular formula is C14H9NO5. The average Bonchev–Trinajstić information content (AvgIpc) is 2.76. The third-order valence-electron chi connectivity index (χ3n) is 4.44. The molecule has 0 saturated carbocycles. The Hall–Kier alpha value is -2.50. The van der Waals surface area contributed by atoms with E-state index in [1.165, 1.54) is 6.07 Å². The van der Waals surface area contributed by atoms with E-state index >= 15 is 0 Å². The summed E-state index contributed by atoms with van der Waals surface area (Å²) in [6.07, 6.45) is 3.65. The van der Waals surface area contributed by atoms with Crippen LogP contribution in [-0.2, 0) is 14.3 Å². The van der Waals surface area contributed by atoms with Crippen LogP contribution in [0.1, 0.15) is 23.0 Å². The maximum Gasteiger partial charge on any atom is 0.318 e. The van der Waals surface area contributed by atoms with Crippen molar-refractivity contribution in [2.24, 2.45) is 11.8 Å². The highest BCUT2D eigenvalue weighted by atomic mass is 16.6. The van der Waals surface area contributed by atoms with Gasteiger partial charge in [0, 0.05) is 23.5 Å². The molecule has 6 heteroatoms. The zero-order chi connectivity index (χ0) is 14.0. The fraction of sp³-hybridized carbons (Fsp3) is 0.286. The van der Waals surface area contributed by atoms with Gasteiger partial charge in [-0.25, -0.2) is 0 Å². The fourth-order valence-electron chi connectivity index (χ4n) is 3.70. The van der Waals surface area contributed by atoms with Crippen LogP contribution in [0.2, 0.25) is 0 Å². The second-order valence-corrected chi connectivity index (χ2v) is 5.27. The molecular weight excluding hydrogens is 262 g/mol. The maximum atomic E-state index is 11.9. The van der Waals surface area contributed by atoms with Gasteiger partial charge in [0.15, 0.2) is 0 Å². The molecule has 0 unspecified atom stereocenters. The summed E-state index contributed by atoms with van der Waals surface area (Å²) in [7, 11) is 0. The molecule has 0 radical (unpaired) electrons. The second-order valence-electron chi connectivity index (χ2n) is 5.27. The average molecular weight is 271 g/mol. The largest absolute Gasteiger partial charge is 0.393 e. The summed E-state index contributed by atoms with van der Waals surface area (Å²) in [6, 6.07) is 4.84. The van der Waals surface area contributed by atoms with E-state index in [4.69, 9.17) is 4.74 Å². The molecule has 0 amide bonds. The van der Waals surface area contributed by atoms with Crippen LogP contribution in [0, 0.1) is 22.0 Å². The first-order valence-corrected chi connectivity index (χ1v) is 6.30. The smallest absolute Gasteiger partial charge is 0.318 e. The molecule has 100 valence electrons. The van der Waals surface area contributed by atoms with Crippen LogP contribution in [-0.4, -0.2) is 16.9 Å². The van der Waals surface area contributed by atoms with Gasteiger partial charge in [0.2, 0.25) is 0 Å². The van der Waals surface area contributed by atoms with Gasteiger partial charge in [0.25, 0.3) is 5.69 Å². The van der Waals surface area contributed by atoms with Gasteiger partial charge in [0.05, 0.1) is 16.8 Å². The van der Waals surface area contributed by atoms with Crippen LogP contribution in [0.5, 0.6) is 0 Å². The number of nitro benzene ring substituents is 1. The summed E-state index contributed by atoms with van der Waals surface area (Å²) in [6.45, 7) is 0. The van der Waals surface area contributed by atoms with Gasteiger partial charge >= 0.3 is 11.9 Å². The van der Waals surface area contributed by atoms with Gasteiger partial charge in [-0.05, 0) is 5.56 Å². The summed E-state index contributed by atoms with van der Waals surface area (Å²) in [4.78, 5) is 34.4. The number of ether oxygens (including phenoxy) is 1. The molecule has 5 rings (SSSR count). The summed E-state index contributed by atoms with van der Waals surface area (Å²) < 4.78 is 4.73. The van der Waals surface area contributed by atoms with Crippen LogP contribution >= 0.6 is 0 Å². The van der Waals surface area contributed by atoms with Crippen molar-refractivity contribution in [3.8, 4) is 0 Å². The Balaban J connectivity index is 1.98. The molecule has 1 aromatic rings. The zero-order valence-electron chi connectivity index (χ0n) is 10.2. The SMILES string of the molecule is O=C1OC(=O)[C@H]2[C@@H]1[C@H]1C=C[C@H]2c2cccc([N+](=O)[O-])c21. The van der Waals surface area contributed by atoms with E-state index in [1.54, 1.807) is 18.2 Å². The zero-order valence-corrected chi connectivity index (χ0v) is 10.2. The fourth-order valence-corrected chi connectivity index (χ4v) is 3.70. The Labute approximate surface area is 113 Å². The quantitative estimate of drug-likeness (QED) is 0.255. The Morgan fingerprint density at radius 1 is 1.05 bits per heavy atom. The third kappa shape index (κ3) is 1.18. The molecule has 0 aromatic heterocycles. The predicted molar refractivity (Wildman–Crippen MR) is 65.8 cm³/mol. The summed E-state index contributed by atoms with van der Waals surface area (Å²) in [5.74, 6) is -2.99. The highest BCUT2D eigenvalue weighted by molar-refractivity contribution is 5.99. The third-order valence-corrected chi connectivity index (χ3v) is 4.44. The number of benzene rings is 1. The maximum absolute atomic E-state index is 11.9. The predicted octanol–water partition coefficient (Wildman–Crippen LogP) is 1.66. The van der Waals surface area contributed by atoms with Crippen molar-refractivity contribution < 1.29 is 19.2 Å². The van der Waals surface area contributed by atoms with Crippen molar-refractivity contribution in [3.05, 3.63) is 51.6 Å². The number of carbonyl (C=O) groups is 2. The molecule has 0 N–H and O–H groups in total. The standard InChI is InChI=1S/C14H9NO5/c16-13-11-7-4-5-8(12(11)14(17)20-13)10-6(7)2-1-3-9(10)15(18)19/h1-5,7-8,11-12H/t7-,8-,11+,12-/m0/s1. The van der Waals surface area contributed by atoms with Crippen molar-refractivity contribution in [2.75, 3.05) is 0 Å². The van der Waals surface area contributed by atoms with Gasteiger partial charge in [-0.2, -0.15) is 0 Å². The van der Waals surface area contributed by atoms with Crippen molar-refractivity contribution in [1.82, 2.24) is 0 Å². The molecule has 1 heterocycles. The first kappa shape index (κ1) is 11.3. The number of hydrogen-bond acceptors (Lipinski definition) is 5. The van der Waals surface area contributed by atoms with Crippen molar-refractivity contribution in [1.29, 1.82) is 0 Å². The molecule has 2 bridgehead atoms. The van der Waals surface area contributed by atoms with Gasteiger partial charge in [0.1, 0.15) is 0 Å². The highest BCUT2D eigenvalue weighted by Gasteiger charge is 2.58. The first-order chi connectivity index (χ1) is 9.59. The van der Waals surface area contributed by atoms with Gasteiger partial charge in [-0.1, -0.05) is 24.3 Å². The van der Waals surface area contributed by atoms with E-state index in [2.05, 4.69) is 0 Å². The molecule has 1 fully saturated rings. The molecule has 6 nitrogen and oxygen atoms in total. The number of nitrogens with zero attached hydrogens (tertiary/aromatic N) is 1. The molecule has 4 atom stereocenters. The lowest BCUT2D eigenvalue weighted by Gasteiger charge is -2.38. The van der Waals surface area contributed by atoms with Crippen LogP contribution in [0.4, 0.5) is 5.69 Å². The number of rotatable bonds is 1. The number of hydrogen-bond donors (Lipinski definition) is 0. The van der Waals surface area contributed by atoms with Gasteiger partial charge in [-0.3, -0.25) is 19.7 Å². The summed E-state index contributed by atoms with van der Waals surface area (Å²) >= 11 is 0. The summed E-state index contributed by atoms with van der Waals surface area (Å²) in [5.41, 5.74) is 1.32. The second kappa shape index (κ2) is 3.53. The lowest BCUT2D eigenvalue weighted by molar-refractivity contribution is -0.385. The minimum atomic E-state index is -0.619. The van der Waals surface area contributed by atoms with E-state index in [1.807, 2.05) is 6.08 Å². The van der Waals surface area contributed by atoms with Crippen molar-refractivity contribution >= 4 is 17.6 Å². The van der Waals surface area contributed by atoms with E-state index in [0.29, 0.717) is 5.56 Å². The molecule has 3 aliphatic carbocycles. The molecule has 1 aromatic carbocycles. The minimum absolute atomic E-state index is 0.00690. The Morgan fingerprint density at radius 2 is 1.70 bits per heavy atom. The van der Waals surface area contributed by atoms with Crippen LogP contribution in [0.15, 0.2) is 30.4 Å². The molecule has 1 saturated heterocycles. The lowest BCUT2D eigenvalue weighted by Crippen LogP contribution is -2.37. The number of esters is 2. The minimum Gasteiger partial charge on any atom is -0.393 e. The van der Waals surface area contributed by atoms with Gasteiger partial charge < -0.3 is 4.74 Å². The van der Waals surface area contributed by atoms with E-state index in [-0.39, 0.29) is 11.6 Å². The van der Waals surface area contributed by atoms with Gasteiger partial charge in [-0.15, -0.1) is 0 Å². The Kier molecular flexibility index (Phi) is 2.00. The lowest BCUT2D eigenvalue weighted by atomic mass is 9.60. The molecule has 1 aliphatic heterocycles. The monoisotopic (exact) mass is 271 g/mol. The molecule has 20 heavy (non-hydrogen) atoms. The van der Waals surface area contributed by atoms with Crippen molar-refractivity contribution in [3.63, 3.8) is 0 Å². The van der Waals surface area contributed by atoms with Crippen LogP contribution in [0.3, 0.4) is 0 Å². The first-order valence-electron chi connectivity index (χ1n) is 6.30.